The fraction of sp³-hybridized carbons (Fsp3) is 1.00. The van der Waals surface area contributed by atoms with E-state index in [2.05, 4.69) is 0 Å². The standard InChI is InChI=1S/C9H17NO2S/c10-8-6-13(11,12)9(8)7-4-2-1-3-5-7/h7-9H,1-6,10H2. The number of nitrogens with two attached hydrogens (primary N) is 1. The molecular weight excluding hydrogens is 186 g/mol. The minimum absolute atomic E-state index is 0.0758. The zero-order valence-electron chi connectivity index (χ0n) is 7.78. The van der Waals surface area contributed by atoms with Gasteiger partial charge in [0.05, 0.1) is 11.0 Å². The summed E-state index contributed by atoms with van der Waals surface area (Å²) >= 11 is 0. The van der Waals surface area contributed by atoms with Gasteiger partial charge in [-0.3, -0.25) is 0 Å². The molecule has 2 N–H and O–H groups in total. The monoisotopic (exact) mass is 203 g/mol. The molecule has 76 valence electrons. The molecule has 13 heavy (non-hydrogen) atoms. The largest absolute Gasteiger partial charge is 0.326 e. The topological polar surface area (TPSA) is 60.2 Å². The Morgan fingerprint density at radius 2 is 1.69 bits per heavy atom. The quantitative estimate of drug-likeness (QED) is 0.682. The zero-order valence-corrected chi connectivity index (χ0v) is 8.59. The van der Waals surface area contributed by atoms with Crippen LogP contribution in [0.15, 0.2) is 0 Å². The van der Waals surface area contributed by atoms with Crippen molar-refractivity contribution < 1.29 is 8.42 Å². The Labute approximate surface area is 79.6 Å². The van der Waals surface area contributed by atoms with Gasteiger partial charge in [-0.1, -0.05) is 19.3 Å². The predicted molar refractivity (Wildman–Crippen MR) is 52.1 cm³/mol. The van der Waals surface area contributed by atoms with Gasteiger partial charge in [0.2, 0.25) is 0 Å². The van der Waals surface area contributed by atoms with E-state index in [1.165, 1.54) is 19.3 Å². The van der Waals surface area contributed by atoms with Gasteiger partial charge in [-0.25, -0.2) is 8.42 Å². The van der Waals surface area contributed by atoms with Gasteiger partial charge >= 0.3 is 0 Å². The Morgan fingerprint density at radius 1 is 1.08 bits per heavy atom. The molecule has 2 aliphatic rings. The summed E-state index contributed by atoms with van der Waals surface area (Å²) in [6.45, 7) is 0. The van der Waals surface area contributed by atoms with E-state index in [0.717, 1.165) is 12.8 Å². The molecule has 2 rings (SSSR count). The second-order valence-electron chi connectivity index (χ2n) is 4.36. The second-order valence-corrected chi connectivity index (χ2v) is 6.56. The van der Waals surface area contributed by atoms with Crippen molar-refractivity contribution in [3.05, 3.63) is 0 Å². The Morgan fingerprint density at radius 3 is 2.15 bits per heavy atom. The van der Waals surface area contributed by atoms with Gasteiger partial charge in [0.1, 0.15) is 0 Å². The van der Waals surface area contributed by atoms with E-state index < -0.39 is 9.84 Å². The van der Waals surface area contributed by atoms with Gasteiger partial charge in [-0.05, 0) is 18.8 Å². The van der Waals surface area contributed by atoms with Crippen LogP contribution in [0.5, 0.6) is 0 Å². The molecule has 0 aromatic rings. The minimum Gasteiger partial charge on any atom is -0.326 e. The summed E-state index contributed by atoms with van der Waals surface area (Å²) in [5, 5.41) is -0.201. The van der Waals surface area contributed by atoms with Crippen LogP contribution < -0.4 is 5.73 Å². The summed E-state index contributed by atoms with van der Waals surface area (Å²) in [5.74, 6) is 0.580. The van der Waals surface area contributed by atoms with Crippen LogP contribution in [-0.2, 0) is 9.84 Å². The normalized spacial score (nSPS) is 39.8. The van der Waals surface area contributed by atoms with Crippen molar-refractivity contribution in [3.63, 3.8) is 0 Å². The molecule has 2 unspecified atom stereocenters. The molecule has 0 aromatic carbocycles. The van der Waals surface area contributed by atoms with Crippen LogP contribution in [0.2, 0.25) is 0 Å². The first kappa shape index (κ1) is 9.46. The third-order valence-electron chi connectivity index (χ3n) is 3.38. The highest BCUT2D eigenvalue weighted by Gasteiger charge is 2.47. The minimum atomic E-state index is -2.80. The highest BCUT2D eigenvalue weighted by atomic mass is 32.2. The lowest BCUT2D eigenvalue weighted by Crippen LogP contribution is -2.60. The second kappa shape index (κ2) is 3.24. The average Bonchev–Trinajstić information content (AvgIpc) is 2.04. The molecule has 4 heteroatoms. The van der Waals surface area contributed by atoms with E-state index in [9.17, 15) is 8.42 Å². The van der Waals surface area contributed by atoms with Crippen LogP contribution in [0, 0.1) is 5.92 Å². The first-order valence-electron chi connectivity index (χ1n) is 5.08. The summed E-state index contributed by atoms with van der Waals surface area (Å²) in [6, 6.07) is -0.0758. The third kappa shape index (κ3) is 1.62. The van der Waals surface area contributed by atoms with Crippen LogP contribution in [-0.4, -0.2) is 25.5 Å². The van der Waals surface area contributed by atoms with Crippen LogP contribution >= 0.6 is 0 Å². The Kier molecular flexibility index (Phi) is 2.36. The summed E-state index contributed by atoms with van der Waals surface area (Å²) < 4.78 is 22.9. The molecule has 0 aromatic heterocycles. The summed E-state index contributed by atoms with van der Waals surface area (Å²) in [7, 11) is -2.80. The van der Waals surface area contributed by atoms with Gasteiger partial charge in [0.15, 0.2) is 9.84 Å². The molecule has 0 bridgehead atoms. The highest BCUT2D eigenvalue weighted by Crippen LogP contribution is 2.36. The Hall–Kier alpha value is -0.0900. The molecule has 1 heterocycles. The van der Waals surface area contributed by atoms with Crippen molar-refractivity contribution >= 4 is 9.84 Å². The molecule has 0 spiro atoms. The van der Waals surface area contributed by atoms with Crippen molar-refractivity contribution in [2.24, 2.45) is 11.7 Å². The predicted octanol–water partition coefficient (Wildman–Crippen LogP) is 0.691. The van der Waals surface area contributed by atoms with Crippen LogP contribution in [0.3, 0.4) is 0 Å². The van der Waals surface area contributed by atoms with Crippen molar-refractivity contribution in [2.45, 2.75) is 43.4 Å². The van der Waals surface area contributed by atoms with E-state index >= 15 is 0 Å². The third-order valence-corrected chi connectivity index (χ3v) is 5.79. The van der Waals surface area contributed by atoms with Crippen LogP contribution in [0.25, 0.3) is 0 Å². The summed E-state index contributed by atoms with van der Waals surface area (Å²) in [5.41, 5.74) is 5.75. The molecule has 3 nitrogen and oxygen atoms in total. The first-order chi connectivity index (χ1) is 6.11. The van der Waals surface area contributed by atoms with Crippen LogP contribution in [0.4, 0.5) is 0 Å². The molecule has 1 aliphatic heterocycles. The molecule has 0 amide bonds. The molecular formula is C9H17NO2S. The lowest BCUT2D eigenvalue weighted by Gasteiger charge is -2.40. The molecule has 1 saturated carbocycles. The van der Waals surface area contributed by atoms with E-state index in [1.807, 2.05) is 0 Å². The SMILES string of the molecule is NC1CS(=O)(=O)C1C1CCCCC1. The molecule has 2 fully saturated rings. The van der Waals surface area contributed by atoms with E-state index in [4.69, 9.17) is 5.73 Å². The number of sulfone groups is 1. The lowest BCUT2D eigenvalue weighted by molar-refractivity contribution is 0.308. The van der Waals surface area contributed by atoms with E-state index in [-0.39, 0.29) is 17.0 Å². The Bertz CT molecular complexity index is 280. The fourth-order valence-corrected chi connectivity index (χ4v) is 4.82. The summed E-state index contributed by atoms with van der Waals surface area (Å²) in [4.78, 5) is 0. The highest BCUT2D eigenvalue weighted by molar-refractivity contribution is 7.93. The first-order valence-corrected chi connectivity index (χ1v) is 6.80. The molecule has 1 saturated heterocycles. The summed E-state index contributed by atoms with van der Waals surface area (Å²) in [6.07, 6.45) is 5.76. The van der Waals surface area contributed by atoms with E-state index in [1.54, 1.807) is 0 Å². The number of hydrogen-bond donors (Lipinski definition) is 1. The lowest BCUT2D eigenvalue weighted by atomic mass is 9.84. The van der Waals surface area contributed by atoms with Crippen molar-refractivity contribution in [1.82, 2.24) is 0 Å². The van der Waals surface area contributed by atoms with Crippen LogP contribution in [0.1, 0.15) is 32.1 Å². The Balaban J connectivity index is 2.06. The van der Waals surface area contributed by atoms with E-state index in [0.29, 0.717) is 5.92 Å². The van der Waals surface area contributed by atoms with Gasteiger partial charge in [-0.15, -0.1) is 0 Å². The average molecular weight is 203 g/mol. The number of hydrogen-bond acceptors (Lipinski definition) is 3. The van der Waals surface area contributed by atoms with Crippen molar-refractivity contribution in [1.29, 1.82) is 0 Å². The van der Waals surface area contributed by atoms with Crippen molar-refractivity contribution in [3.8, 4) is 0 Å². The zero-order chi connectivity index (χ0) is 9.47. The van der Waals surface area contributed by atoms with Gasteiger partial charge in [0.25, 0.3) is 0 Å². The maximum atomic E-state index is 11.4. The van der Waals surface area contributed by atoms with Crippen molar-refractivity contribution in [2.75, 3.05) is 5.75 Å². The molecule has 2 atom stereocenters. The number of rotatable bonds is 1. The molecule has 0 radical (unpaired) electrons. The van der Waals surface area contributed by atoms with Gasteiger partial charge in [0, 0.05) is 6.04 Å². The van der Waals surface area contributed by atoms with Gasteiger partial charge < -0.3 is 5.73 Å². The molecule has 1 aliphatic carbocycles. The smallest absolute Gasteiger partial charge is 0.156 e. The van der Waals surface area contributed by atoms with Gasteiger partial charge in [-0.2, -0.15) is 0 Å². The fourth-order valence-electron chi connectivity index (χ4n) is 2.72. The maximum absolute atomic E-state index is 11.4. The maximum Gasteiger partial charge on any atom is 0.156 e.